The number of carboxylic acids is 1. The Labute approximate surface area is 143 Å². The highest BCUT2D eigenvalue weighted by Gasteiger charge is 2.21. The number of phenolic OH excluding ortho intramolecular Hbond substituents is 3. The molecule has 4 N–H and O–H groups in total. The molecule has 0 saturated heterocycles. The van der Waals surface area contributed by atoms with E-state index in [0.29, 0.717) is 11.1 Å². The van der Waals surface area contributed by atoms with Crippen molar-refractivity contribution in [1.29, 1.82) is 0 Å². The second-order valence-corrected chi connectivity index (χ2v) is 5.22. The fraction of sp³-hybridized carbons (Fsp3) is 0.111. The van der Waals surface area contributed by atoms with Gasteiger partial charge in [-0.15, -0.1) is 0 Å². The van der Waals surface area contributed by atoms with Crippen LogP contribution < -0.4 is 0 Å². The van der Waals surface area contributed by atoms with E-state index in [1.807, 2.05) is 0 Å². The number of aliphatic carboxylic acids is 1. The summed E-state index contributed by atoms with van der Waals surface area (Å²) in [5, 5.41) is 37.0. The Morgan fingerprint density at radius 1 is 1.00 bits per heavy atom. The molecule has 2 aromatic rings. The topological polar surface area (TPSA) is 124 Å². The number of esters is 1. The standard InChI is InChI=1S/C18H16O7/c19-13-5-1-12(2-6-13)10-16(18(23)24)25-17(22)8-4-11-3-7-14(20)15(21)9-11/h1-9,16,19-21H,10H2,(H,23,24). The highest BCUT2D eigenvalue weighted by Crippen LogP contribution is 2.25. The molecule has 1 unspecified atom stereocenters. The van der Waals surface area contributed by atoms with Gasteiger partial charge in [-0.05, 0) is 41.5 Å². The molecule has 0 fully saturated rings. The van der Waals surface area contributed by atoms with Gasteiger partial charge in [-0.2, -0.15) is 0 Å². The number of ether oxygens (including phenoxy) is 1. The fourth-order valence-electron chi connectivity index (χ4n) is 2.01. The number of hydrogen-bond acceptors (Lipinski definition) is 6. The maximum Gasteiger partial charge on any atom is 0.345 e. The van der Waals surface area contributed by atoms with Gasteiger partial charge >= 0.3 is 11.9 Å². The summed E-state index contributed by atoms with van der Waals surface area (Å²) in [6, 6.07) is 9.85. The van der Waals surface area contributed by atoms with E-state index >= 15 is 0 Å². The van der Waals surface area contributed by atoms with Gasteiger partial charge in [0.1, 0.15) is 5.75 Å². The monoisotopic (exact) mass is 344 g/mol. The van der Waals surface area contributed by atoms with E-state index in [2.05, 4.69) is 0 Å². The molecule has 25 heavy (non-hydrogen) atoms. The lowest BCUT2D eigenvalue weighted by molar-refractivity contribution is -0.160. The summed E-state index contributed by atoms with van der Waals surface area (Å²) in [7, 11) is 0. The molecule has 2 rings (SSSR count). The van der Waals surface area contributed by atoms with Crippen molar-refractivity contribution in [3.63, 3.8) is 0 Å². The van der Waals surface area contributed by atoms with Crippen LogP contribution in [-0.2, 0) is 20.7 Å². The smallest absolute Gasteiger partial charge is 0.345 e. The number of carbonyl (C=O) groups is 2. The number of hydrogen-bond donors (Lipinski definition) is 4. The Morgan fingerprint density at radius 3 is 2.28 bits per heavy atom. The number of phenols is 3. The zero-order valence-electron chi connectivity index (χ0n) is 13.0. The Balaban J connectivity index is 2.01. The van der Waals surface area contributed by atoms with E-state index in [1.165, 1.54) is 48.5 Å². The van der Waals surface area contributed by atoms with Crippen LogP contribution in [0.25, 0.3) is 6.08 Å². The molecule has 0 saturated carbocycles. The Kier molecular flexibility index (Phi) is 5.62. The van der Waals surface area contributed by atoms with Gasteiger partial charge in [-0.25, -0.2) is 9.59 Å². The first-order valence-electron chi connectivity index (χ1n) is 7.26. The van der Waals surface area contributed by atoms with Crippen molar-refractivity contribution in [1.82, 2.24) is 0 Å². The van der Waals surface area contributed by atoms with E-state index < -0.39 is 18.0 Å². The molecule has 0 aliphatic heterocycles. The number of carboxylic acid groups (broad SMARTS) is 1. The molecule has 0 spiro atoms. The molecule has 2 aromatic carbocycles. The summed E-state index contributed by atoms with van der Waals surface area (Å²) in [5.74, 6) is -2.74. The van der Waals surface area contributed by atoms with Gasteiger partial charge in [-0.1, -0.05) is 18.2 Å². The molecule has 0 bridgehead atoms. The molecule has 0 radical (unpaired) electrons. The first-order valence-corrected chi connectivity index (χ1v) is 7.26. The van der Waals surface area contributed by atoms with Gasteiger partial charge in [-0.3, -0.25) is 0 Å². The maximum absolute atomic E-state index is 11.8. The van der Waals surface area contributed by atoms with Crippen LogP contribution in [0, 0.1) is 0 Å². The Hall–Kier alpha value is -3.48. The minimum Gasteiger partial charge on any atom is -0.508 e. The van der Waals surface area contributed by atoms with Gasteiger partial charge in [0.15, 0.2) is 11.5 Å². The van der Waals surface area contributed by atoms with E-state index in [9.17, 15) is 30.0 Å². The summed E-state index contributed by atoms with van der Waals surface area (Å²) in [6.45, 7) is 0. The average molecular weight is 344 g/mol. The van der Waals surface area contributed by atoms with Crippen LogP contribution in [0.5, 0.6) is 17.2 Å². The summed E-state index contributed by atoms with van der Waals surface area (Å²) in [6.07, 6.45) is 0.921. The molecule has 130 valence electrons. The summed E-state index contributed by atoms with van der Waals surface area (Å²) >= 11 is 0. The van der Waals surface area contributed by atoms with Crippen molar-refractivity contribution in [3.8, 4) is 17.2 Å². The molecular formula is C18H16O7. The van der Waals surface area contributed by atoms with Crippen molar-refractivity contribution in [3.05, 3.63) is 59.7 Å². The highest BCUT2D eigenvalue weighted by atomic mass is 16.6. The number of rotatable bonds is 6. The van der Waals surface area contributed by atoms with Crippen molar-refractivity contribution in [2.75, 3.05) is 0 Å². The van der Waals surface area contributed by atoms with Crippen LogP contribution in [0.1, 0.15) is 11.1 Å². The molecule has 0 aliphatic carbocycles. The van der Waals surface area contributed by atoms with Crippen molar-refractivity contribution >= 4 is 18.0 Å². The lowest BCUT2D eigenvalue weighted by Crippen LogP contribution is -2.28. The van der Waals surface area contributed by atoms with Crippen LogP contribution >= 0.6 is 0 Å². The lowest BCUT2D eigenvalue weighted by Gasteiger charge is -2.12. The highest BCUT2D eigenvalue weighted by molar-refractivity contribution is 5.89. The quantitative estimate of drug-likeness (QED) is 0.359. The molecule has 0 amide bonds. The lowest BCUT2D eigenvalue weighted by atomic mass is 10.1. The van der Waals surface area contributed by atoms with E-state index in [0.717, 1.165) is 6.08 Å². The normalized spacial score (nSPS) is 12.0. The first-order chi connectivity index (χ1) is 11.8. The maximum atomic E-state index is 11.8. The minimum atomic E-state index is -1.38. The SMILES string of the molecule is O=C(C=Cc1ccc(O)c(O)c1)OC(Cc1ccc(O)cc1)C(=O)O. The van der Waals surface area contributed by atoms with E-state index in [1.54, 1.807) is 0 Å². The zero-order chi connectivity index (χ0) is 18.4. The van der Waals surface area contributed by atoms with Crippen LogP contribution in [0.4, 0.5) is 0 Å². The van der Waals surface area contributed by atoms with E-state index in [-0.39, 0.29) is 23.7 Å². The van der Waals surface area contributed by atoms with E-state index in [4.69, 9.17) is 4.74 Å². The third kappa shape index (κ3) is 5.28. The first kappa shape index (κ1) is 17.9. The number of aromatic hydroxyl groups is 3. The molecule has 0 aliphatic rings. The van der Waals surface area contributed by atoms with Crippen LogP contribution in [-0.4, -0.2) is 38.5 Å². The fourth-order valence-corrected chi connectivity index (χ4v) is 2.01. The molecule has 0 aromatic heterocycles. The van der Waals surface area contributed by atoms with Gasteiger partial charge in [0.25, 0.3) is 0 Å². The summed E-state index contributed by atoms with van der Waals surface area (Å²) in [5.41, 5.74) is 1.02. The summed E-state index contributed by atoms with van der Waals surface area (Å²) in [4.78, 5) is 23.1. The predicted molar refractivity (Wildman–Crippen MR) is 88.1 cm³/mol. The molecule has 1 atom stereocenters. The second-order valence-electron chi connectivity index (χ2n) is 5.22. The average Bonchev–Trinajstić information content (AvgIpc) is 2.57. The van der Waals surface area contributed by atoms with Crippen molar-refractivity contribution in [2.45, 2.75) is 12.5 Å². The molecular weight excluding hydrogens is 328 g/mol. The van der Waals surface area contributed by atoms with Crippen molar-refractivity contribution in [2.24, 2.45) is 0 Å². The zero-order valence-corrected chi connectivity index (χ0v) is 13.0. The van der Waals surface area contributed by atoms with Crippen LogP contribution in [0.15, 0.2) is 48.5 Å². The van der Waals surface area contributed by atoms with Gasteiger partial charge in [0.05, 0.1) is 0 Å². The van der Waals surface area contributed by atoms with Gasteiger partial charge in [0, 0.05) is 12.5 Å². The van der Waals surface area contributed by atoms with Crippen LogP contribution in [0.3, 0.4) is 0 Å². The Morgan fingerprint density at radius 2 is 1.68 bits per heavy atom. The second kappa shape index (κ2) is 7.87. The molecule has 7 nitrogen and oxygen atoms in total. The largest absolute Gasteiger partial charge is 0.508 e. The van der Waals surface area contributed by atoms with Crippen molar-refractivity contribution < 1.29 is 34.8 Å². The third-order valence-electron chi connectivity index (χ3n) is 3.30. The third-order valence-corrected chi connectivity index (χ3v) is 3.30. The van der Waals surface area contributed by atoms with Gasteiger partial charge < -0.3 is 25.2 Å². The summed E-state index contributed by atoms with van der Waals surface area (Å²) < 4.78 is 4.92. The number of carbonyl (C=O) groups excluding carboxylic acids is 1. The van der Waals surface area contributed by atoms with Gasteiger partial charge in [0.2, 0.25) is 6.10 Å². The van der Waals surface area contributed by atoms with Crippen LogP contribution in [0.2, 0.25) is 0 Å². The molecule has 7 heteroatoms. The number of benzene rings is 2. The minimum absolute atomic E-state index is 0.0464. The Bertz CT molecular complexity index is 794. The molecule has 0 heterocycles. The predicted octanol–water partition coefficient (Wildman–Crippen LogP) is 2.06.